The fourth-order valence-corrected chi connectivity index (χ4v) is 3.08. The minimum absolute atomic E-state index is 0.0269. The zero-order chi connectivity index (χ0) is 19.0. The molecule has 0 spiro atoms. The molecular weight excluding hydrogens is 344 g/mol. The number of aryl methyl sites for hydroxylation is 1. The summed E-state index contributed by atoms with van der Waals surface area (Å²) in [7, 11) is 0. The van der Waals surface area contributed by atoms with Crippen LogP contribution >= 0.6 is 0 Å². The fourth-order valence-electron chi connectivity index (χ4n) is 3.08. The molecule has 2 aromatic heterocycles. The highest BCUT2D eigenvalue weighted by atomic mass is 16.3. The molecule has 0 bridgehead atoms. The molecule has 3 N–H and O–H groups in total. The van der Waals surface area contributed by atoms with Crippen molar-refractivity contribution in [3.05, 3.63) is 47.5 Å². The van der Waals surface area contributed by atoms with Gasteiger partial charge in [-0.05, 0) is 50.8 Å². The van der Waals surface area contributed by atoms with Crippen LogP contribution in [0.25, 0.3) is 11.1 Å². The predicted molar refractivity (Wildman–Crippen MR) is 102 cm³/mol. The number of rotatable bonds is 6. The lowest BCUT2D eigenvalue weighted by atomic mass is 10.1. The van der Waals surface area contributed by atoms with E-state index in [1.54, 1.807) is 19.1 Å². The third-order valence-corrected chi connectivity index (χ3v) is 4.95. The quantitative estimate of drug-likeness (QED) is 0.619. The molecule has 0 unspecified atom stereocenters. The summed E-state index contributed by atoms with van der Waals surface area (Å²) in [5.74, 6) is 1.19. The molecule has 1 aliphatic carbocycles. The average Bonchev–Trinajstić information content (AvgIpc) is 3.25. The first-order valence-corrected chi connectivity index (χ1v) is 9.04. The van der Waals surface area contributed by atoms with Gasteiger partial charge in [-0.25, -0.2) is 9.97 Å². The Morgan fingerprint density at radius 3 is 2.70 bits per heavy atom. The van der Waals surface area contributed by atoms with E-state index < -0.39 is 0 Å². The molecule has 1 aliphatic rings. The van der Waals surface area contributed by atoms with Gasteiger partial charge in [0.2, 0.25) is 5.71 Å². The van der Waals surface area contributed by atoms with Crippen LogP contribution in [0.2, 0.25) is 0 Å². The number of hydrogen-bond acceptors (Lipinski definition) is 6. The molecule has 0 saturated heterocycles. The van der Waals surface area contributed by atoms with Crippen LogP contribution < -0.4 is 10.6 Å². The lowest BCUT2D eigenvalue weighted by Crippen LogP contribution is -2.26. The summed E-state index contributed by atoms with van der Waals surface area (Å²) in [6, 6.07) is 6.95. The van der Waals surface area contributed by atoms with E-state index in [1.165, 1.54) is 6.33 Å². The summed E-state index contributed by atoms with van der Waals surface area (Å²) in [5.41, 5.74) is 1.95. The number of aromatic nitrogens is 2. The van der Waals surface area contributed by atoms with E-state index in [4.69, 9.17) is 4.42 Å². The molecule has 4 rings (SSSR count). The molecule has 1 fully saturated rings. The monoisotopic (exact) mass is 366 g/mol. The number of fused-ring (bicyclic) bond motifs is 1. The number of nitrogens with one attached hydrogen (secondary N) is 2. The number of benzene rings is 1. The molecule has 0 aliphatic heterocycles. The molecule has 7 nitrogen and oxygen atoms in total. The van der Waals surface area contributed by atoms with Crippen molar-refractivity contribution in [3.8, 4) is 5.75 Å². The van der Waals surface area contributed by atoms with Crippen LogP contribution in [-0.4, -0.2) is 33.1 Å². The third kappa shape index (κ3) is 3.58. The molecule has 1 saturated carbocycles. The Labute approximate surface area is 156 Å². The van der Waals surface area contributed by atoms with Crippen LogP contribution in [0.5, 0.6) is 5.75 Å². The Hall–Kier alpha value is -3.09. The van der Waals surface area contributed by atoms with Crippen molar-refractivity contribution < 1.29 is 14.3 Å². The summed E-state index contributed by atoms with van der Waals surface area (Å²) in [5, 5.41) is 16.3. The molecule has 1 amide bonds. The first-order chi connectivity index (χ1) is 13.0. The normalized spacial score (nSPS) is 14.9. The minimum Gasteiger partial charge on any atom is -0.508 e. The molecule has 3 aromatic rings. The van der Waals surface area contributed by atoms with Crippen LogP contribution in [0, 0.1) is 6.92 Å². The predicted octanol–water partition coefficient (Wildman–Crippen LogP) is 3.17. The molecule has 7 heteroatoms. The second-order valence-corrected chi connectivity index (χ2v) is 7.29. The van der Waals surface area contributed by atoms with Gasteiger partial charge in [-0.3, -0.25) is 4.79 Å². The molecular formula is C20H22N4O3. The lowest BCUT2D eigenvalue weighted by molar-refractivity contribution is 0.0954. The van der Waals surface area contributed by atoms with Crippen LogP contribution in [0.3, 0.4) is 0 Å². The number of carbonyl (C=O) groups is 1. The zero-order valence-electron chi connectivity index (χ0n) is 15.4. The summed E-state index contributed by atoms with van der Waals surface area (Å²) in [6.07, 6.45) is 4.26. The number of aromatic hydroxyl groups is 1. The minimum atomic E-state index is -0.205. The van der Waals surface area contributed by atoms with Gasteiger partial charge in [0.05, 0.1) is 10.9 Å². The van der Waals surface area contributed by atoms with E-state index in [9.17, 15) is 9.90 Å². The van der Waals surface area contributed by atoms with Crippen molar-refractivity contribution in [2.45, 2.75) is 38.6 Å². The highest BCUT2D eigenvalue weighted by Crippen LogP contribution is 2.40. The molecule has 1 aromatic carbocycles. The number of furan rings is 1. The van der Waals surface area contributed by atoms with Crippen molar-refractivity contribution >= 4 is 22.8 Å². The largest absolute Gasteiger partial charge is 0.508 e. The Morgan fingerprint density at radius 2 is 2.00 bits per heavy atom. The van der Waals surface area contributed by atoms with E-state index >= 15 is 0 Å². The number of nitrogens with zero attached hydrogens (tertiary/aromatic N) is 2. The van der Waals surface area contributed by atoms with Gasteiger partial charge < -0.3 is 20.2 Å². The van der Waals surface area contributed by atoms with Crippen LogP contribution in [0.15, 0.2) is 35.0 Å². The SMILES string of the molecule is Cc1oc2ncnc(NC3(C)CC3)c2c1C(=O)NCCc1ccc(O)cc1. The van der Waals surface area contributed by atoms with Gasteiger partial charge in [0.15, 0.2) is 0 Å². The van der Waals surface area contributed by atoms with Crippen molar-refractivity contribution in [3.63, 3.8) is 0 Å². The molecule has 27 heavy (non-hydrogen) atoms. The van der Waals surface area contributed by atoms with E-state index in [-0.39, 0.29) is 17.2 Å². The van der Waals surface area contributed by atoms with E-state index in [1.807, 2.05) is 12.1 Å². The average molecular weight is 366 g/mol. The van der Waals surface area contributed by atoms with Gasteiger partial charge in [-0.2, -0.15) is 0 Å². The number of phenolic OH excluding ortho intramolecular Hbond substituents is 1. The maximum absolute atomic E-state index is 12.8. The topological polar surface area (TPSA) is 100 Å². The Morgan fingerprint density at radius 1 is 1.26 bits per heavy atom. The van der Waals surface area contributed by atoms with Gasteiger partial charge in [-0.1, -0.05) is 12.1 Å². The second kappa shape index (κ2) is 6.57. The lowest BCUT2D eigenvalue weighted by Gasteiger charge is -2.13. The van der Waals surface area contributed by atoms with Crippen LogP contribution in [0.1, 0.15) is 41.4 Å². The van der Waals surface area contributed by atoms with Crippen molar-refractivity contribution in [1.29, 1.82) is 0 Å². The number of phenols is 1. The van der Waals surface area contributed by atoms with E-state index in [2.05, 4.69) is 27.5 Å². The van der Waals surface area contributed by atoms with Crippen molar-refractivity contribution in [1.82, 2.24) is 15.3 Å². The van der Waals surface area contributed by atoms with Gasteiger partial charge in [-0.15, -0.1) is 0 Å². The first-order valence-electron chi connectivity index (χ1n) is 9.04. The molecule has 0 radical (unpaired) electrons. The number of amides is 1. The smallest absolute Gasteiger partial charge is 0.255 e. The Bertz CT molecular complexity index is 990. The summed E-state index contributed by atoms with van der Waals surface area (Å²) < 4.78 is 5.69. The van der Waals surface area contributed by atoms with Gasteiger partial charge in [0.25, 0.3) is 5.91 Å². The van der Waals surface area contributed by atoms with Gasteiger partial charge >= 0.3 is 0 Å². The fraction of sp³-hybridized carbons (Fsp3) is 0.350. The standard InChI is InChI=1S/C20H22N4O3/c1-12-15(18(26)21-10-7-13-3-5-14(25)6-4-13)16-17(24-20(2)8-9-20)22-11-23-19(16)27-12/h3-6,11,25H,7-10H2,1-2H3,(H,21,26)(H,22,23,24). The second-order valence-electron chi connectivity index (χ2n) is 7.29. The van der Waals surface area contributed by atoms with Gasteiger partial charge in [0.1, 0.15) is 23.7 Å². The summed E-state index contributed by atoms with van der Waals surface area (Å²) in [6.45, 7) is 4.37. The number of hydrogen-bond donors (Lipinski definition) is 3. The van der Waals surface area contributed by atoms with Crippen molar-refractivity contribution in [2.24, 2.45) is 0 Å². The Kier molecular flexibility index (Phi) is 4.22. The van der Waals surface area contributed by atoms with Crippen LogP contribution in [0.4, 0.5) is 5.82 Å². The number of anilines is 1. The van der Waals surface area contributed by atoms with Crippen LogP contribution in [-0.2, 0) is 6.42 Å². The highest BCUT2D eigenvalue weighted by molar-refractivity contribution is 6.10. The molecule has 0 atom stereocenters. The van der Waals surface area contributed by atoms with E-state index in [0.717, 1.165) is 18.4 Å². The highest BCUT2D eigenvalue weighted by Gasteiger charge is 2.38. The maximum atomic E-state index is 12.8. The zero-order valence-corrected chi connectivity index (χ0v) is 15.4. The van der Waals surface area contributed by atoms with Crippen molar-refractivity contribution in [2.75, 3.05) is 11.9 Å². The van der Waals surface area contributed by atoms with E-state index in [0.29, 0.717) is 41.2 Å². The van der Waals surface area contributed by atoms with Gasteiger partial charge in [0, 0.05) is 12.1 Å². The summed E-state index contributed by atoms with van der Waals surface area (Å²) >= 11 is 0. The molecule has 2 heterocycles. The number of carbonyl (C=O) groups excluding carboxylic acids is 1. The first kappa shape index (κ1) is 17.3. The Balaban J connectivity index is 1.54. The maximum Gasteiger partial charge on any atom is 0.255 e. The summed E-state index contributed by atoms with van der Waals surface area (Å²) in [4.78, 5) is 21.3. The third-order valence-electron chi connectivity index (χ3n) is 4.95. The molecule has 140 valence electrons.